The molecule has 4 heteroatoms. The molecule has 3 nitrogen and oxygen atoms in total. The summed E-state index contributed by atoms with van der Waals surface area (Å²) in [4.78, 5) is 2.01. The highest BCUT2D eigenvalue weighted by molar-refractivity contribution is 5.47. The number of nitrogens with zero attached hydrogens (tertiary/aromatic N) is 1. The Bertz CT molecular complexity index is 344. The van der Waals surface area contributed by atoms with Crippen LogP contribution in [0, 0.1) is 5.82 Å². The maximum atomic E-state index is 13.5. The van der Waals surface area contributed by atoms with Crippen molar-refractivity contribution >= 4 is 5.69 Å². The zero-order valence-electron chi connectivity index (χ0n) is 10.3. The van der Waals surface area contributed by atoms with E-state index in [0.29, 0.717) is 5.56 Å². The average Bonchev–Trinajstić information content (AvgIpc) is 2.34. The van der Waals surface area contributed by atoms with Crippen LogP contribution in [0.3, 0.4) is 0 Å². The van der Waals surface area contributed by atoms with E-state index < -0.39 is 0 Å². The van der Waals surface area contributed by atoms with E-state index in [1.54, 1.807) is 6.07 Å². The Hall–Kier alpha value is -1.13. The number of aliphatic hydroxyl groups excluding tert-OH is 1. The number of halogens is 1. The molecule has 0 atom stereocenters. The summed E-state index contributed by atoms with van der Waals surface area (Å²) < 4.78 is 13.5. The minimum absolute atomic E-state index is 0.228. The Morgan fingerprint density at radius 2 is 2.06 bits per heavy atom. The van der Waals surface area contributed by atoms with E-state index in [4.69, 9.17) is 10.8 Å². The van der Waals surface area contributed by atoms with Crippen molar-refractivity contribution in [2.75, 3.05) is 25.1 Å². The summed E-state index contributed by atoms with van der Waals surface area (Å²) in [7, 11) is 1.94. The minimum atomic E-state index is -0.243. The van der Waals surface area contributed by atoms with Gasteiger partial charge in [0, 0.05) is 38.0 Å². The van der Waals surface area contributed by atoms with Crippen LogP contribution in [0.1, 0.15) is 24.8 Å². The predicted octanol–water partition coefficient (Wildman–Crippen LogP) is 1.88. The Morgan fingerprint density at radius 1 is 1.29 bits per heavy atom. The molecule has 0 aromatic heterocycles. The van der Waals surface area contributed by atoms with E-state index in [1.165, 1.54) is 6.07 Å². The first-order chi connectivity index (χ1) is 8.19. The van der Waals surface area contributed by atoms with Gasteiger partial charge in [-0.1, -0.05) is 6.07 Å². The van der Waals surface area contributed by atoms with Crippen LogP contribution in [0.2, 0.25) is 0 Å². The van der Waals surface area contributed by atoms with Gasteiger partial charge >= 0.3 is 0 Å². The molecule has 0 aliphatic rings. The van der Waals surface area contributed by atoms with E-state index in [1.807, 2.05) is 18.0 Å². The van der Waals surface area contributed by atoms with Gasteiger partial charge in [-0.25, -0.2) is 4.39 Å². The molecule has 0 aliphatic carbocycles. The average molecular weight is 240 g/mol. The van der Waals surface area contributed by atoms with E-state index >= 15 is 0 Å². The quantitative estimate of drug-likeness (QED) is 0.715. The largest absolute Gasteiger partial charge is 0.396 e. The second-order valence-corrected chi connectivity index (χ2v) is 4.19. The van der Waals surface area contributed by atoms with Gasteiger partial charge in [0.15, 0.2) is 0 Å². The second kappa shape index (κ2) is 7.25. The van der Waals surface area contributed by atoms with E-state index in [2.05, 4.69) is 0 Å². The lowest BCUT2D eigenvalue weighted by atomic mass is 10.1. The smallest absolute Gasteiger partial charge is 0.129 e. The molecule has 0 aliphatic heterocycles. The summed E-state index contributed by atoms with van der Waals surface area (Å²) in [5, 5.41) is 8.67. The van der Waals surface area contributed by atoms with E-state index in [9.17, 15) is 4.39 Å². The summed E-state index contributed by atoms with van der Waals surface area (Å²) in [5.74, 6) is -0.243. The van der Waals surface area contributed by atoms with Gasteiger partial charge in [0.2, 0.25) is 0 Å². The first-order valence-electron chi connectivity index (χ1n) is 5.99. The number of benzene rings is 1. The Morgan fingerprint density at radius 3 is 2.65 bits per heavy atom. The summed E-state index contributed by atoms with van der Waals surface area (Å²) in [6.45, 7) is 1.33. The molecule has 0 fully saturated rings. The van der Waals surface area contributed by atoms with Crippen molar-refractivity contribution in [2.45, 2.75) is 25.8 Å². The number of nitrogens with two attached hydrogens (primary N) is 1. The van der Waals surface area contributed by atoms with Gasteiger partial charge in [-0.3, -0.25) is 0 Å². The Kier molecular flexibility index (Phi) is 5.94. The van der Waals surface area contributed by atoms with Crippen molar-refractivity contribution in [1.29, 1.82) is 0 Å². The van der Waals surface area contributed by atoms with E-state index in [0.717, 1.165) is 31.5 Å². The summed E-state index contributed by atoms with van der Waals surface area (Å²) in [6, 6.07) is 5.14. The van der Waals surface area contributed by atoms with Crippen LogP contribution in [0.5, 0.6) is 0 Å². The number of unbranched alkanes of at least 4 members (excludes halogenated alkanes) is 2. The normalized spacial score (nSPS) is 10.6. The first kappa shape index (κ1) is 13.9. The van der Waals surface area contributed by atoms with Gasteiger partial charge in [0.1, 0.15) is 5.82 Å². The molecule has 0 unspecified atom stereocenters. The SMILES string of the molecule is CN(CCCCCO)c1ccc(CN)c(F)c1. The third kappa shape index (κ3) is 4.32. The van der Waals surface area contributed by atoms with Gasteiger partial charge in [0.05, 0.1) is 0 Å². The van der Waals surface area contributed by atoms with Gasteiger partial charge in [-0.05, 0) is 31.4 Å². The Labute approximate surface area is 102 Å². The zero-order chi connectivity index (χ0) is 12.7. The molecule has 0 saturated carbocycles. The molecule has 3 N–H and O–H groups in total. The van der Waals surface area contributed by atoms with Crippen LogP contribution in [0.4, 0.5) is 10.1 Å². The minimum Gasteiger partial charge on any atom is -0.396 e. The maximum absolute atomic E-state index is 13.5. The van der Waals surface area contributed by atoms with Gasteiger partial charge in [-0.15, -0.1) is 0 Å². The van der Waals surface area contributed by atoms with Crippen LogP contribution >= 0.6 is 0 Å². The van der Waals surface area contributed by atoms with Crippen LogP contribution < -0.4 is 10.6 Å². The van der Waals surface area contributed by atoms with Crippen LogP contribution in [-0.4, -0.2) is 25.3 Å². The molecule has 0 saturated heterocycles. The molecule has 0 amide bonds. The number of anilines is 1. The standard InChI is InChI=1S/C13H21FN2O/c1-16(7-3-2-4-8-17)12-6-5-11(10-15)13(14)9-12/h5-6,9,17H,2-4,7-8,10,15H2,1H3. The predicted molar refractivity (Wildman–Crippen MR) is 68.5 cm³/mol. The van der Waals surface area contributed by atoms with Gasteiger partial charge < -0.3 is 15.7 Å². The van der Waals surface area contributed by atoms with Crippen molar-refractivity contribution in [1.82, 2.24) is 0 Å². The number of hydrogen-bond donors (Lipinski definition) is 2. The summed E-state index contributed by atoms with van der Waals surface area (Å²) >= 11 is 0. The van der Waals surface area contributed by atoms with Crippen molar-refractivity contribution in [3.05, 3.63) is 29.6 Å². The maximum Gasteiger partial charge on any atom is 0.129 e. The highest BCUT2D eigenvalue weighted by atomic mass is 19.1. The molecule has 1 aromatic carbocycles. The monoisotopic (exact) mass is 240 g/mol. The van der Waals surface area contributed by atoms with Crippen LogP contribution in [0.25, 0.3) is 0 Å². The molecular formula is C13H21FN2O. The second-order valence-electron chi connectivity index (χ2n) is 4.19. The highest BCUT2D eigenvalue weighted by Crippen LogP contribution is 2.17. The van der Waals surface area contributed by atoms with E-state index in [-0.39, 0.29) is 19.0 Å². The molecule has 0 radical (unpaired) electrons. The number of aliphatic hydroxyl groups is 1. The lowest BCUT2D eigenvalue weighted by molar-refractivity contribution is 0.283. The molecule has 17 heavy (non-hydrogen) atoms. The topological polar surface area (TPSA) is 49.5 Å². The lowest BCUT2D eigenvalue weighted by Gasteiger charge is -2.19. The highest BCUT2D eigenvalue weighted by Gasteiger charge is 2.05. The molecule has 0 heterocycles. The third-order valence-electron chi connectivity index (χ3n) is 2.85. The van der Waals surface area contributed by atoms with Gasteiger partial charge in [-0.2, -0.15) is 0 Å². The third-order valence-corrected chi connectivity index (χ3v) is 2.85. The first-order valence-corrected chi connectivity index (χ1v) is 5.99. The lowest BCUT2D eigenvalue weighted by Crippen LogP contribution is -2.19. The summed E-state index contributed by atoms with van der Waals surface area (Å²) in [6.07, 6.45) is 2.82. The fraction of sp³-hybridized carbons (Fsp3) is 0.538. The Balaban J connectivity index is 2.51. The van der Waals surface area contributed by atoms with Crippen molar-refractivity contribution in [3.8, 4) is 0 Å². The molecule has 1 rings (SSSR count). The number of rotatable bonds is 7. The number of hydrogen-bond acceptors (Lipinski definition) is 3. The molecule has 0 spiro atoms. The van der Waals surface area contributed by atoms with Crippen molar-refractivity contribution in [3.63, 3.8) is 0 Å². The van der Waals surface area contributed by atoms with Gasteiger partial charge in [0.25, 0.3) is 0 Å². The zero-order valence-corrected chi connectivity index (χ0v) is 10.3. The van der Waals surface area contributed by atoms with Crippen molar-refractivity contribution in [2.24, 2.45) is 5.73 Å². The molecular weight excluding hydrogens is 219 g/mol. The fourth-order valence-electron chi connectivity index (χ4n) is 1.71. The molecule has 96 valence electrons. The fourth-order valence-corrected chi connectivity index (χ4v) is 1.71. The van der Waals surface area contributed by atoms with Crippen LogP contribution in [-0.2, 0) is 6.54 Å². The van der Waals surface area contributed by atoms with Crippen LogP contribution in [0.15, 0.2) is 18.2 Å². The van der Waals surface area contributed by atoms with Crippen molar-refractivity contribution < 1.29 is 9.50 Å². The molecule has 1 aromatic rings. The summed E-state index contributed by atoms with van der Waals surface area (Å²) in [5.41, 5.74) is 6.82. The molecule has 0 bridgehead atoms.